The molecule has 0 unspecified atom stereocenters. The molecule has 1 aliphatic heterocycles. The fraction of sp³-hybridized carbons (Fsp3) is 0.385. The van der Waals surface area contributed by atoms with Crippen LogP contribution in [0.25, 0.3) is 0 Å². The zero-order valence-corrected chi connectivity index (χ0v) is 12.7. The number of ether oxygens (including phenoxy) is 1. The van der Waals surface area contributed by atoms with Crippen LogP contribution < -0.4 is 5.32 Å². The van der Waals surface area contributed by atoms with E-state index >= 15 is 0 Å². The van der Waals surface area contributed by atoms with Crippen LogP contribution in [0.2, 0.25) is 5.02 Å². The predicted octanol–water partition coefficient (Wildman–Crippen LogP) is 3.50. The number of carbonyl (C=O) groups excluding carboxylic acids is 1. The van der Waals surface area contributed by atoms with Gasteiger partial charge in [-0.05, 0) is 40.9 Å². The average Bonchev–Trinajstić information content (AvgIpc) is 2.43. The van der Waals surface area contributed by atoms with Crippen molar-refractivity contribution < 1.29 is 13.9 Å². The SMILES string of the molecule is N#CC1(C(=O)Nc2c(Cl)cc(F)cc2Br)CCOCC1. The summed E-state index contributed by atoms with van der Waals surface area (Å²) in [5.74, 6) is -0.960. The van der Waals surface area contributed by atoms with E-state index < -0.39 is 17.1 Å². The number of carbonyl (C=O) groups is 1. The molecule has 7 heteroatoms. The van der Waals surface area contributed by atoms with E-state index in [-0.39, 0.29) is 10.7 Å². The van der Waals surface area contributed by atoms with Gasteiger partial charge >= 0.3 is 0 Å². The number of rotatable bonds is 2. The molecule has 1 amide bonds. The molecular formula is C13H11BrClFN2O2. The molecule has 0 aliphatic carbocycles. The normalized spacial score (nSPS) is 17.3. The first-order valence-corrected chi connectivity index (χ1v) is 7.10. The summed E-state index contributed by atoms with van der Waals surface area (Å²) in [5.41, 5.74) is -0.866. The van der Waals surface area contributed by atoms with Crippen LogP contribution >= 0.6 is 27.5 Å². The third-order valence-corrected chi connectivity index (χ3v) is 4.16. The molecule has 1 heterocycles. The van der Waals surface area contributed by atoms with Crippen molar-refractivity contribution in [2.45, 2.75) is 12.8 Å². The van der Waals surface area contributed by atoms with Crippen molar-refractivity contribution in [1.29, 1.82) is 5.26 Å². The zero-order chi connectivity index (χ0) is 14.8. The Morgan fingerprint density at radius 3 is 2.70 bits per heavy atom. The molecule has 0 aromatic heterocycles. The molecular weight excluding hydrogens is 351 g/mol. The average molecular weight is 362 g/mol. The molecule has 0 atom stereocenters. The Labute approximate surface area is 129 Å². The summed E-state index contributed by atoms with van der Waals surface area (Å²) in [6, 6.07) is 4.36. The van der Waals surface area contributed by atoms with Gasteiger partial charge in [-0.25, -0.2) is 4.39 Å². The lowest BCUT2D eigenvalue weighted by Crippen LogP contribution is -2.40. The Bertz CT molecular complexity index is 559. The highest BCUT2D eigenvalue weighted by atomic mass is 79.9. The lowest BCUT2D eigenvalue weighted by molar-refractivity contribution is -0.126. The number of nitrogens with one attached hydrogen (secondary N) is 1. The molecule has 20 heavy (non-hydrogen) atoms. The van der Waals surface area contributed by atoms with Crippen molar-refractivity contribution >= 4 is 39.1 Å². The van der Waals surface area contributed by atoms with Crippen LogP contribution in [0.4, 0.5) is 10.1 Å². The van der Waals surface area contributed by atoms with Crippen LogP contribution in [0.3, 0.4) is 0 Å². The molecule has 1 aliphatic rings. The first kappa shape index (κ1) is 15.2. The number of nitriles is 1. The Hall–Kier alpha value is -1.16. The molecule has 106 valence electrons. The first-order valence-electron chi connectivity index (χ1n) is 5.93. The van der Waals surface area contributed by atoms with E-state index in [9.17, 15) is 14.4 Å². The molecule has 0 bridgehead atoms. The lowest BCUT2D eigenvalue weighted by Gasteiger charge is -2.29. The van der Waals surface area contributed by atoms with Crippen molar-refractivity contribution in [2.24, 2.45) is 5.41 Å². The maximum absolute atomic E-state index is 13.1. The van der Waals surface area contributed by atoms with Crippen LogP contribution in [-0.2, 0) is 9.53 Å². The summed E-state index contributed by atoms with van der Waals surface area (Å²) in [6.45, 7) is 0.721. The third-order valence-electron chi connectivity index (χ3n) is 3.24. The lowest BCUT2D eigenvalue weighted by atomic mass is 9.81. The summed E-state index contributed by atoms with van der Waals surface area (Å²) < 4.78 is 18.6. The molecule has 1 N–H and O–H groups in total. The molecule has 1 saturated heterocycles. The van der Waals surface area contributed by atoms with E-state index in [1.54, 1.807) is 0 Å². The number of benzene rings is 1. The minimum Gasteiger partial charge on any atom is -0.381 e. The number of nitrogens with zero attached hydrogens (tertiary/aromatic N) is 1. The van der Waals surface area contributed by atoms with E-state index in [4.69, 9.17) is 16.3 Å². The van der Waals surface area contributed by atoms with E-state index in [0.29, 0.717) is 30.5 Å². The van der Waals surface area contributed by atoms with E-state index in [2.05, 4.69) is 27.3 Å². The maximum atomic E-state index is 13.1. The Morgan fingerprint density at radius 1 is 1.50 bits per heavy atom. The van der Waals surface area contributed by atoms with Crippen molar-refractivity contribution in [1.82, 2.24) is 0 Å². The molecule has 1 aromatic carbocycles. The zero-order valence-electron chi connectivity index (χ0n) is 10.4. The summed E-state index contributed by atoms with van der Waals surface area (Å²) in [7, 11) is 0. The minimum atomic E-state index is -1.13. The Balaban J connectivity index is 2.26. The molecule has 2 rings (SSSR count). The molecule has 1 aromatic rings. The van der Waals surface area contributed by atoms with Gasteiger partial charge in [-0.15, -0.1) is 0 Å². The molecule has 1 fully saturated rings. The van der Waals surface area contributed by atoms with Gasteiger partial charge in [-0.3, -0.25) is 4.79 Å². The van der Waals surface area contributed by atoms with Crippen molar-refractivity contribution in [3.8, 4) is 6.07 Å². The van der Waals surface area contributed by atoms with Crippen molar-refractivity contribution in [3.05, 3.63) is 27.4 Å². The second-order valence-electron chi connectivity index (χ2n) is 4.50. The summed E-state index contributed by atoms with van der Waals surface area (Å²) in [4.78, 5) is 12.3. The highest BCUT2D eigenvalue weighted by Gasteiger charge is 2.40. The Kier molecular flexibility index (Phi) is 4.63. The summed E-state index contributed by atoms with van der Waals surface area (Å²) in [5, 5.41) is 12.0. The number of hydrogen-bond acceptors (Lipinski definition) is 3. The molecule has 0 radical (unpaired) electrons. The predicted molar refractivity (Wildman–Crippen MR) is 75.8 cm³/mol. The first-order chi connectivity index (χ1) is 9.48. The van der Waals surface area contributed by atoms with Crippen LogP contribution in [0, 0.1) is 22.6 Å². The van der Waals surface area contributed by atoms with Crippen LogP contribution in [0.5, 0.6) is 0 Å². The van der Waals surface area contributed by atoms with E-state index in [1.165, 1.54) is 6.07 Å². The number of amides is 1. The Morgan fingerprint density at radius 2 is 2.15 bits per heavy atom. The van der Waals surface area contributed by atoms with Gasteiger partial charge in [-0.1, -0.05) is 11.6 Å². The molecule has 0 saturated carbocycles. The monoisotopic (exact) mass is 360 g/mol. The van der Waals surface area contributed by atoms with E-state index in [1.807, 2.05) is 0 Å². The number of halogens is 3. The highest BCUT2D eigenvalue weighted by Crippen LogP contribution is 2.36. The number of hydrogen-bond donors (Lipinski definition) is 1. The number of anilines is 1. The van der Waals surface area contributed by atoms with E-state index in [0.717, 1.165) is 6.07 Å². The van der Waals surface area contributed by atoms with Gasteiger partial charge in [0.05, 0.1) is 16.8 Å². The van der Waals surface area contributed by atoms with Gasteiger partial charge in [0.25, 0.3) is 0 Å². The third kappa shape index (κ3) is 2.95. The van der Waals surface area contributed by atoms with Gasteiger partial charge in [0.15, 0.2) is 0 Å². The van der Waals surface area contributed by atoms with Crippen molar-refractivity contribution in [3.63, 3.8) is 0 Å². The fourth-order valence-electron chi connectivity index (χ4n) is 2.00. The second-order valence-corrected chi connectivity index (χ2v) is 5.77. The standard InChI is InChI=1S/C13H11BrClFN2O2/c14-9-5-8(16)6-10(15)11(9)18-12(19)13(7-17)1-3-20-4-2-13/h5-6H,1-4H2,(H,18,19). The summed E-state index contributed by atoms with van der Waals surface area (Å²) in [6.07, 6.45) is 0.650. The van der Waals surface area contributed by atoms with Crippen molar-refractivity contribution in [2.75, 3.05) is 18.5 Å². The van der Waals surface area contributed by atoms with Gasteiger partial charge < -0.3 is 10.1 Å². The van der Waals surface area contributed by atoms with Gasteiger partial charge in [0.1, 0.15) is 11.2 Å². The largest absolute Gasteiger partial charge is 0.381 e. The van der Waals surface area contributed by atoms with Crippen LogP contribution in [0.1, 0.15) is 12.8 Å². The van der Waals surface area contributed by atoms with Gasteiger partial charge in [0, 0.05) is 17.7 Å². The van der Waals surface area contributed by atoms with Gasteiger partial charge in [-0.2, -0.15) is 5.26 Å². The quantitative estimate of drug-likeness (QED) is 0.877. The molecule has 4 nitrogen and oxygen atoms in total. The topological polar surface area (TPSA) is 62.1 Å². The van der Waals surface area contributed by atoms with Gasteiger partial charge in [0.2, 0.25) is 5.91 Å². The van der Waals surface area contributed by atoms with Crippen LogP contribution in [0.15, 0.2) is 16.6 Å². The highest BCUT2D eigenvalue weighted by molar-refractivity contribution is 9.10. The molecule has 0 spiro atoms. The summed E-state index contributed by atoms with van der Waals surface area (Å²) >= 11 is 9.06. The van der Waals surface area contributed by atoms with Crippen LogP contribution in [-0.4, -0.2) is 19.1 Å². The minimum absolute atomic E-state index is 0.0744. The second kappa shape index (κ2) is 6.08. The maximum Gasteiger partial charge on any atom is 0.245 e. The fourth-order valence-corrected chi connectivity index (χ4v) is 2.90. The smallest absolute Gasteiger partial charge is 0.245 e.